The van der Waals surface area contributed by atoms with Crippen molar-refractivity contribution in [2.75, 3.05) is 25.0 Å². The second kappa shape index (κ2) is 10.1. The Bertz CT molecular complexity index is 1440. The van der Waals surface area contributed by atoms with E-state index in [1.807, 2.05) is 0 Å². The van der Waals surface area contributed by atoms with E-state index >= 15 is 0 Å². The summed E-state index contributed by atoms with van der Waals surface area (Å²) in [6.07, 6.45) is -3.58. The van der Waals surface area contributed by atoms with Crippen molar-refractivity contribution in [2.45, 2.75) is 37.0 Å². The number of ether oxygens (including phenoxy) is 1. The van der Waals surface area contributed by atoms with Gasteiger partial charge in [0.05, 0.1) is 6.61 Å². The lowest BCUT2D eigenvalue weighted by Crippen LogP contribution is -2.50. The normalized spacial score (nSPS) is 21.1. The number of hydrogen-bond donors (Lipinski definition) is 3. The zero-order valence-corrected chi connectivity index (χ0v) is 21.7. The first-order valence-corrected chi connectivity index (χ1v) is 13.1. The van der Waals surface area contributed by atoms with Crippen LogP contribution in [0.5, 0.6) is 5.75 Å². The minimum absolute atomic E-state index is 0.137. The monoisotopic (exact) mass is 575 g/mol. The number of alkyl halides is 3. The molecule has 212 valence electrons. The van der Waals surface area contributed by atoms with E-state index in [9.17, 15) is 40.4 Å². The van der Waals surface area contributed by atoms with E-state index in [-0.39, 0.29) is 47.3 Å². The molecule has 11 nitrogen and oxygen atoms in total. The predicted molar refractivity (Wildman–Crippen MR) is 128 cm³/mol. The van der Waals surface area contributed by atoms with E-state index in [2.05, 4.69) is 10.0 Å². The van der Waals surface area contributed by atoms with Gasteiger partial charge in [0.2, 0.25) is 10.0 Å². The Hall–Kier alpha value is -3.66. The van der Waals surface area contributed by atoms with Gasteiger partial charge < -0.3 is 24.8 Å². The number of nitrogens with one attached hydrogen (secondary N) is 3. The van der Waals surface area contributed by atoms with Crippen molar-refractivity contribution in [1.82, 2.24) is 19.5 Å². The summed E-state index contributed by atoms with van der Waals surface area (Å²) >= 11 is 0. The molecule has 16 heteroatoms. The van der Waals surface area contributed by atoms with Crippen LogP contribution in [-0.2, 0) is 26.7 Å². The molecule has 0 bridgehead atoms. The molecule has 1 unspecified atom stereocenters. The van der Waals surface area contributed by atoms with Gasteiger partial charge in [-0.2, -0.15) is 13.2 Å². The zero-order chi connectivity index (χ0) is 28.9. The number of aromatic nitrogens is 1. The van der Waals surface area contributed by atoms with Crippen molar-refractivity contribution in [1.29, 1.82) is 0 Å². The van der Waals surface area contributed by atoms with E-state index in [4.69, 9.17) is 4.74 Å². The molecule has 4 rings (SSSR count). The van der Waals surface area contributed by atoms with Gasteiger partial charge in [-0.3, -0.25) is 14.4 Å². The van der Waals surface area contributed by atoms with Crippen molar-refractivity contribution >= 4 is 33.4 Å². The van der Waals surface area contributed by atoms with Crippen molar-refractivity contribution in [3.05, 3.63) is 41.5 Å². The molecule has 3 N–H and O–H groups in total. The molecule has 1 aromatic heterocycles. The molecule has 3 atom stereocenters. The summed E-state index contributed by atoms with van der Waals surface area (Å²) in [6.45, 7) is 1.56. The Morgan fingerprint density at radius 2 is 1.90 bits per heavy atom. The molecule has 1 fully saturated rings. The molecule has 2 aromatic rings. The number of aryl methyl sites for hydroxylation is 2. The van der Waals surface area contributed by atoms with Crippen LogP contribution < -0.4 is 20.1 Å². The highest BCUT2D eigenvalue weighted by Gasteiger charge is 2.44. The summed E-state index contributed by atoms with van der Waals surface area (Å²) in [5.41, 5.74) is 0.414. The third kappa shape index (κ3) is 5.71. The van der Waals surface area contributed by atoms with Crippen molar-refractivity contribution in [3.63, 3.8) is 0 Å². The number of fused-ring (bicyclic) bond motifs is 2. The molecular formula is C23H25F4N5O6S. The molecule has 39 heavy (non-hydrogen) atoms. The van der Waals surface area contributed by atoms with Gasteiger partial charge in [-0.15, -0.1) is 0 Å². The Labute approximate surface area is 220 Å². The van der Waals surface area contributed by atoms with Crippen LogP contribution in [-0.4, -0.2) is 73.6 Å². The Morgan fingerprint density at radius 1 is 1.21 bits per heavy atom. The number of carbonyl (C=O) groups excluding carboxylic acids is 3. The van der Waals surface area contributed by atoms with Crippen LogP contribution in [0.1, 0.15) is 23.0 Å². The van der Waals surface area contributed by atoms with Crippen LogP contribution in [0.4, 0.5) is 23.2 Å². The van der Waals surface area contributed by atoms with Crippen LogP contribution in [0.25, 0.3) is 0 Å². The third-order valence-electron chi connectivity index (χ3n) is 6.53. The van der Waals surface area contributed by atoms with Gasteiger partial charge in [-0.05, 0) is 37.6 Å². The van der Waals surface area contributed by atoms with Crippen LogP contribution in [0.2, 0.25) is 0 Å². The summed E-state index contributed by atoms with van der Waals surface area (Å²) < 4.78 is 87.8. The van der Waals surface area contributed by atoms with Crippen LogP contribution in [0.3, 0.4) is 0 Å². The SMILES string of the molecule is Cc1cc(NC(=O)c2c3c(cn2C)S(=O)(=O)N[C@H]2CN(C(=O)C(=O)NC(C)C(F)(F)F)C[C@H]2CO3)ccc1F. The lowest BCUT2D eigenvalue weighted by Gasteiger charge is -2.23. The van der Waals surface area contributed by atoms with Crippen molar-refractivity contribution in [3.8, 4) is 5.75 Å². The first-order chi connectivity index (χ1) is 18.1. The highest BCUT2D eigenvalue weighted by Crippen LogP contribution is 2.35. The molecular weight excluding hydrogens is 550 g/mol. The fourth-order valence-corrected chi connectivity index (χ4v) is 5.85. The molecule has 0 saturated carbocycles. The van der Waals surface area contributed by atoms with Gasteiger partial charge in [-0.1, -0.05) is 0 Å². The fraction of sp³-hybridized carbons (Fsp3) is 0.435. The molecule has 3 heterocycles. The number of amides is 3. The Balaban J connectivity index is 1.54. The maximum Gasteiger partial charge on any atom is 0.408 e. The number of halogens is 4. The second-order valence-corrected chi connectivity index (χ2v) is 11.1. The minimum Gasteiger partial charge on any atom is -0.489 e. The highest BCUT2D eigenvalue weighted by atomic mass is 32.2. The molecule has 0 radical (unpaired) electrons. The maximum absolute atomic E-state index is 13.6. The number of carbonyl (C=O) groups is 3. The van der Waals surface area contributed by atoms with Crippen molar-refractivity contribution in [2.24, 2.45) is 13.0 Å². The first kappa shape index (κ1) is 28.4. The van der Waals surface area contributed by atoms with E-state index in [0.29, 0.717) is 6.92 Å². The summed E-state index contributed by atoms with van der Waals surface area (Å²) in [5, 5.41) is 4.16. The van der Waals surface area contributed by atoms with Crippen LogP contribution in [0, 0.1) is 18.7 Å². The summed E-state index contributed by atoms with van der Waals surface area (Å²) in [7, 11) is -2.86. The second-order valence-electron chi connectivity index (χ2n) is 9.45. The lowest BCUT2D eigenvalue weighted by atomic mass is 10.1. The molecule has 1 saturated heterocycles. The van der Waals surface area contributed by atoms with E-state index in [1.165, 1.54) is 42.9 Å². The Kier molecular flexibility index (Phi) is 7.37. The molecule has 0 spiro atoms. The summed E-state index contributed by atoms with van der Waals surface area (Å²) in [5.74, 6) is -4.84. The van der Waals surface area contributed by atoms with Crippen molar-refractivity contribution < 1.29 is 45.1 Å². The van der Waals surface area contributed by atoms with Gasteiger partial charge in [0.15, 0.2) is 11.4 Å². The van der Waals surface area contributed by atoms with E-state index in [1.54, 1.807) is 5.32 Å². The summed E-state index contributed by atoms with van der Waals surface area (Å²) in [6, 6.07) is 0.750. The number of sulfonamides is 1. The smallest absolute Gasteiger partial charge is 0.408 e. The maximum atomic E-state index is 13.6. The van der Waals surface area contributed by atoms with Crippen LogP contribution in [0.15, 0.2) is 29.3 Å². The average Bonchev–Trinajstić information content (AvgIpc) is 3.38. The average molecular weight is 576 g/mol. The molecule has 2 aliphatic heterocycles. The van der Waals surface area contributed by atoms with E-state index in [0.717, 1.165) is 4.90 Å². The number of hydrogen-bond acceptors (Lipinski definition) is 6. The van der Waals surface area contributed by atoms with Crippen LogP contribution >= 0.6 is 0 Å². The number of rotatable bonds is 3. The molecule has 0 aliphatic carbocycles. The number of anilines is 1. The number of nitrogens with zero attached hydrogens (tertiary/aromatic N) is 2. The standard InChI is InChI=1S/C23H25F4N5O6S/c1-11-6-14(4-5-15(11)24)29-20(33)18-19-17(9-31(18)3)39(36,37)30-16-8-32(7-13(16)10-38-19)22(35)21(34)28-12(2)23(25,26)27/h4-6,9,12-13,16,30H,7-8,10H2,1-3H3,(H,28,34)(H,29,33)/t12?,13-,16-/m0/s1. The topological polar surface area (TPSA) is 139 Å². The highest BCUT2D eigenvalue weighted by molar-refractivity contribution is 7.89. The van der Waals surface area contributed by atoms with Gasteiger partial charge in [0.25, 0.3) is 5.91 Å². The van der Waals surface area contributed by atoms with Gasteiger partial charge in [0.1, 0.15) is 16.8 Å². The molecule has 1 aromatic carbocycles. The quantitative estimate of drug-likeness (QED) is 0.373. The number of benzene rings is 1. The Morgan fingerprint density at radius 3 is 2.54 bits per heavy atom. The van der Waals surface area contributed by atoms with E-state index < -0.39 is 57.7 Å². The predicted octanol–water partition coefficient (Wildman–Crippen LogP) is 1.29. The zero-order valence-electron chi connectivity index (χ0n) is 20.9. The number of likely N-dealkylation sites (tertiary alicyclic amines) is 1. The molecule has 2 aliphatic rings. The fourth-order valence-electron chi connectivity index (χ4n) is 4.36. The summed E-state index contributed by atoms with van der Waals surface area (Å²) in [4.78, 5) is 38.3. The third-order valence-corrected chi connectivity index (χ3v) is 8.02. The minimum atomic E-state index is -4.75. The largest absolute Gasteiger partial charge is 0.489 e. The lowest BCUT2D eigenvalue weighted by molar-refractivity contribution is -0.162. The van der Waals surface area contributed by atoms with Gasteiger partial charge >= 0.3 is 18.0 Å². The molecule has 3 amide bonds. The van der Waals surface area contributed by atoms with Gasteiger partial charge in [0, 0.05) is 44.0 Å². The first-order valence-electron chi connectivity index (χ1n) is 11.7. The van der Waals surface area contributed by atoms with Gasteiger partial charge in [-0.25, -0.2) is 17.5 Å².